The largest absolute Gasteiger partial charge is 0.465 e. The Hall–Kier alpha value is -1.20. The third-order valence-electron chi connectivity index (χ3n) is 2.31. The number of carbonyl (C=O) groups excluding carboxylic acids is 1. The van der Waals surface area contributed by atoms with E-state index in [1.54, 1.807) is 0 Å². The third kappa shape index (κ3) is 6.51. The fourth-order valence-corrected chi connectivity index (χ4v) is 2.34. The summed E-state index contributed by atoms with van der Waals surface area (Å²) >= 11 is 0. The summed E-state index contributed by atoms with van der Waals surface area (Å²) in [4.78, 5) is 11.3. The lowest BCUT2D eigenvalue weighted by Crippen LogP contribution is -2.17. The normalized spacial score (nSPS) is 12.1. The van der Waals surface area contributed by atoms with E-state index in [0.717, 1.165) is 5.56 Å². The van der Waals surface area contributed by atoms with Gasteiger partial charge in [-0.25, -0.2) is 0 Å². The molecule has 0 saturated carbocycles. The van der Waals surface area contributed by atoms with E-state index in [1.165, 1.54) is 0 Å². The maximum atomic E-state index is 11.3. The monoisotopic (exact) mass is 270 g/mol. The van der Waals surface area contributed by atoms with Crippen LogP contribution in [0.2, 0.25) is 0 Å². The van der Waals surface area contributed by atoms with Gasteiger partial charge in [0.05, 0.1) is 6.61 Å². The molecule has 1 N–H and O–H groups in total. The molecular formula is C13H18O4S. The number of hydrogen-bond acceptors (Lipinski definition) is 4. The molecule has 0 aromatic heterocycles. The molecule has 1 unspecified atom stereocenters. The number of hydrogen-bond donors (Lipinski definition) is 1. The molecule has 1 aromatic rings. The molecule has 0 radical (unpaired) electrons. The lowest BCUT2D eigenvalue weighted by molar-refractivity contribution is -0.140. The summed E-state index contributed by atoms with van der Waals surface area (Å²) in [5.41, 5.74) is 1.10. The first-order valence-electron chi connectivity index (χ1n) is 5.87. The number of benzene rings is 1. The SMILES string of the molecule is O=C(CS(=O)CCCO)OCCc1ccccc1. The second kappa shape index (κ2) is 8.83. The highest BCUT2D eigenvalue weighted by Gasteiger charge is 2.08. The highest BCUT2D eigenvalue weighted by Crippen LogP contribution is 2.00. The van der Waals surface area contributed by atoms with E-state index in [1.807, 2.05) is 30.3 Å². The highest BCUT2D eigenvalue weighted by molar-refractivity contribution is 7.85. The number of carbonyl (C=O) groups is 1. The summed E-state index contributed by atoms with van der Waals surface area (Å²) in [5, 5.41) is 8.57. The zero-order chi connectivity index (χ0) is 13.2. The molecule has 5 heteroatoms. The Morgan fingerprint density at radius 3 is 2.67 bits per heavy atom. The molecule has 18 heavy (non-hydrogen) atoms. The molecule has 0 heterocycles. The number of ether oxygens (including phenoxy) is 1. The molecule has 100 valence electrons. The first kappa shape index (κ1) is 14.9. The van der Waals surface area contributed by atoms with Crippen LogP contribution in [0.3, 0.4) is 0 Å². The molecule has 0 amide bonds. The van der Waals surface area contributed by atoms with Gasteiger partial charge in [0.15, 0.2) is 0 Å². The average molecular weight is 270 g/mol. The molecule has 1 atom stereocenters. The van der Waals surface area contributed by atoms with Gasteiger partial charge in [-0.2, -0.15) is 0 Å². The predicted octanol–water partition coefficient (Wildman–Crippen LogP) is 0.903. The van der Waals surface area contributed by atoms with E-state index in [9.17, 15) is 9.00 Å². The number of aliphatic hydroxyl groups is 1. The second-order valence-corrected chi connectivity index (χ2v) is 5.40. The van der Waals surface area contributed by atoms with Crippen molar-refractivity contribution in [1.29, 1.82) is 0 Å². The molecule has 0 aliphatic rings. The van der Waals surface area contributed by atoms with E-state index in [-0.39, 0.29) is 12.4 Å². The van der Waals surface area contributed by atoms with Gasteiger partial charge in [-0.3, -0.25) is 9.00 Å². The first-order chi connectivity index (χ1) is 8.72. The Balaban J connectivity index is 2.15. The van der Waals surface area contributed by atoms with Crippen LogP contribution in [-0.2, 0) is 26.8 Å². The van der Waals surface area contributed by atoms with Crippen molar-refractivity contribution in [2.75, 3.05) is 24.7 Å². The van der Waals surface area contributed by atoms with Crippen molar-refractivity contribution in [2.45, 2.75) is 12.8 Å². The van der Waals surface area contributed by atoms with Crippen LogP contribution in [0.25, 0.3) is 0 Å². The Morgan fingerprint density at radius 2 is 2.00 bits per heavy atom. The van der Waals surface area contributed by atoms with Crippen LogP contribution < -0.4 is 0 Å². The van der Waals surface area contributed by atoms with E-state index >= 15 is 0 Å². The first-order valence-corrected chi connectivity index (χ1v) is 7.36. The predicted molar refractivity (Wildman–Crippen MR) is 70.7 cm³/mol. The zero-order valence-corrected chi connectivity index (χ0v) is 11.0. The topological polar surface area (TPSA) is 63.6 Å². The lowest BCUT2D eigenvalue weighted by Gasteiger charge is -2.04. The smallest absolute Gasteiger partial charge is 0.318 e. The molecule has 0 aliphatic heterocycles. The van der Waals surface area contributed by atoms with Gasteiger partial charge in [-0.1, -0.05) is 30.3 Å². The van der Waals surface area contributed by atoms with E-state index in [0.29, 0.717) is 25.2 Å². The van der Waals surface area contributed by atoms with Crippen molar-refractivity contribution in [2.24, 2.45) is 0 Å². The molecule has 0 bridgehead atoms. The maximum Gasteiger partial charge on any atom is 0.318 e. The van der Waals surface area contributed by atoms with Crippen LogP contribution >= 0.6 is 0 Å². The van der Waals surface area contributed by atoms with Gasteiger partial charge in [0.1, 0.15) is 5.75 Å². The molecule has 4 nitrogen and oxygen atoms in total. The maximum absolute atomic E-state index is 11.3. The molecule has 0 saturated heterocycles. The van der Waals surface area contributed by atoms with Crippen LogP contribution in [-0.4, -0.2) is 40.0 Å². The van der Waals surface area contributed by atoms with E-state index in [2.05, 4.69) is 0 Å². The fourth-order valence-electron chi connectivity index (χ4n) is 1.40. The van der Waals surface area contributed by atoms with Crippen LogP contribution in [0.15, 0.2) is 30.3 Å². The Bertz CT molecular complexity index is 378. The molecule has 1 aromatic carbocycles. The molecule has 1 rings (SSSR count). The minimum absolute atomic E-state index is 0.00516. The summed E-state index contributed by atoms with van der Waals surface area (Å²) in [7, 11) is -1.23. The van der Waals surface area contributed by atoms with Gasteiger partial charge in [0, 0.05) is 29.6 Å². The minimum atomic E-state index is -1.23. The molecule has 0 fully saturated rings. The van der Waals surface area contributed by atoms with E-state index < -0.39 is 16.8 Å². The van der Waals surface area contributed by atoms with Crippen LogP contribution in [0.5, 0.6) is 0 Å². The Kier molecular flexibility index (Phi) is 7.29. The van der Waals surface area contributed by atoms with Crippen LogP contribution in [0.4, 0.5) is 0 Å². The standard InChI is InChI=1S/C13H18O4S/c14-8-4-10-18(16)11-13(15)17-9-7-12-5-2-1-3-6-12/h1-3,5-6,14H,4,7-11H2. The Labute approximate surface area is 109 Å². The molecule has 0 spiro atoms. The van der Waals surface area contributed by atoms with Crippen molar-refractivity contribution in [3.63, 3.8) is 0 Å². The van der Waals surface area contributed by atoms with Gasteiger partial charge in [0.2, 0.25) is 0 Å². The van der Waals surface area contributed by atoms with Crippen molar-refractivity contribution in [1.82, 2.24) is 0 Å². The summed E-state index contributed by atoms with van der Waals surface area (Å²) in [6, 6.07) is 9.72. The van der Waals surface area contributed by atoms with E-state index in [4.69, 9.17) is 9.84 Å². The third-order valence-corrected chi connectivity index (χ3v) is 3.61. The van der Waals surface area contributed by atoms with Gasteiger partial charge in [-0.05, 0) is 12.0 Å². The van der Waals surface area contributed by atoms with Gasteiger partial charge < -0.3 is 9.84 Å². The van der Waals surface area contributed by atoms with Gasteiger partial charge >= 0.3 is 5.97 Å². The van der Waals surface area contributed by atoms with Crippen LogP contribution in [0, 0.1) is 0 Å². The number of esters is 1. The summed E-state index contributed by atoms with van der Waals surface area (Å²) in [5.74, 6) is -0.193. The highest BCUT2D eigenvalue weighted by atomic mass is 32.2. The molecule has 0 aliphatic carbocycles. The van der Waals surface area contributed by atoms with Gasteiger partial charge in [-0.15, -0.1) is 0 Å². The average Bonchev–Trinajstić information content (AvgIpc) is 2.37. The number of aliphatic hydroxyl groups excluding tert-OH is 1. The van der Waals surface area contributed by atoms with Crippen molar-refractivity contribution in [3.05, 3.63) is 35.9 Å². The number of rotatable bonds is 8. The Morgan fingerprint density at radius 1 is 1.28 bits per heavy atom. The summed E-state index contributed by atoms with van der Waals surface area (Å²) in [6.45, 7) is 0.300. The fraction of sp³-hybridized carbons (Fsp3) is 0.462. The van der Waals surface area contributed by atoms with Gasteiger partial charge in [0.25, 0.3) is 0 Å². The molecular weight excluding hydrogens is 252 g/mol. The quantitative estimate of drug-likeness (QED) is 0.713. The van der Waals surface area contributed by atoms with Crippen LogP contribution in [0.1, 0.15) is 12.0 Å². The van der Waals surface area contributed by atoms with Crippen molar-refractivity contribution in [3.8, 4) is 0 Å². The minimum Gasteiger partial charge on any atom is -0.465 e. The van der Waals surface area contributed by atoms with Crippen molar-refractivity contribution < 1.29 is 18.8 Å². The van der Waals surface area contributed by atoms with Crippen molar-refractivity contribution >= 4 is 16.8 Å². The summed E-state index contributed by atoms with van der Waals surface area (Å²) < 4.78 is 16.3. The zero-order valence-electron chi connectivity index (χ0n) is 10.2. The summed E-state index contributed by atoms with van der Waals surface area (Å²) in [6.07, 6.45) is 1.11. The lowest BCUT2D eigenvalue weighted by atomic mass is 10.2. The second-order valence-electron chi connectivity index (χ2n) is 3.82.